The minimum atomic E-state index is -0.409. The van der Waals surface area contributed by atoms with Crippen molar-refractivity contribution in [3.05, 3.63) is 34.4 Å². The van der Waals surface area contributed by atoms with Crippen LogP contribution < -0.4 is 10.2 Å². The van der Waals surface area contributed by atoms with E-state index in [2.05, 4.69) is 5.32 Å². The first-order valence-corrected chi connectivity index (χ1v) is 9.00. The lowest BCUT2D eigenvalue weighted by Crippen LogP contribution is -2.47. The first kappa shape index (κ1) is 17.7. The van der Waals surface area contributed by atoms with Gasteiger partial charge in [0.1, 0.15) is 5.69 Å². The Balaban J connectivity index is 1.49. The molecule has 136 valence electrons. The Hall–Kier alpha value is -2.15. The number of para-hydroxylation sites is 2. The number of hydrogen-bond donors (Lipinski definition) is 1. The molecule has 7 heteroatoms. The molecule has 1 aromatic rings. The van der Waals surface area contributed by atoms with Crippen molar-refractivity contribution >= 4 is 17.3 Å². The third kappa shape index (κ3) is 4.69. The smallest absolute Gasteiger partial charge is 0.292 e. The van der Waals surface area contributed by atoms with Gasteiger partial charge in [0.05, 0.1) is 11.5 Å². The molecule has 1 saturated carbocycles. The molecule has 2 aliphatic rings. The fraction of sp³-hybridized carbons (Fsp3) is 0.611. The first-order chi connectivity index (χ1) is 12.0. The van der Waals surface area contributed by atoms with Gasteiger partial charge in [-0.1, -0.05) is 12.1 Å². The molecular weight excluding hydrogens is 320 g/mol. The summed E-state index contributed by atoms with van der Waals surface area (Å²) in [6.45, 7) is 2.78. The highest BCUT2D eigenvalue weighted by Crippen LogP contribution is 2.28. The quantitative estimate of drug-likeness (QED) is 0.604. The van der Waals surface area contributed by atoms with E-state index < -0.39 is 4.92 Å². The highest BCUT2D eigenvalue weighted by Gasteiger charge is 2.27. The maximum atomic E-state index is 12.5. The van der Waals surface area contributed by atoms with Crippen LogP contribution in [0.3, 0.4) is 0 Å². The molecule has 2 fully saturated rings. The number of carbonyl (C=O) groups is 1. The van der Waals surface area contributed by atoms with Gasteiger partial charge in [0.2, 0.25) is 5.91 Å². The van der Waals surface area contributed by atoms with E-state index in [1.54, 1.807) is 30.1 Å². The molecule has 1 aromatic carbocycles. The lowest BCUT2D eigenvalue weighted by Gasteiger charge is -2.33. The molecule has 3 rings (SSSR count). The summed E-state index contributed by atoms with van der Waals surface area (Å²) in [5, 5.41) is 14.7. The van der Waals surface area contributed by atoms with Gasteiger partial charge >= 0.3 is 0 Å². The summed E-state index contributed by atoms with van der Waals surface area (Å²) in [6.07, 6.45) is 4.66. The van der Waals surface area contributed by atoms with E-state index in [4.69, 9.17) is 0 Å². The van der Waals surface area contributed by atoms with Crippen LogP contribution in [0.5, 0.6) is 0 Å². The van der Waals surface area contributed by atoms with Crippen LogP contribution in [0.2, 0.25) is 0 Å². The summed E-state index contributed by atoms with van der Waals surface area (Å²) in [5.74, 6) is 0.899. The van der Waals surface area contributed by atoms with E-state index in [9.17, 15) is 14.9 Å². The molecule has 1 amide bonds. The molecule has 0 spiro atoms. The van der Waals surface area contributed by atoms with Gasteiger partial charge in [-0.3, -0.25) is 14.9 Å². The number of carbonyl (C=O) groups excluding carboxylic acids is 1. The minimum Gasteiger partial charge on any atom is -0.360 e. The zero-order chi connectivity index (χ0) is 17.8. The van der Waals surface area contributed by atoms with Crippen LogP contribution in [0.4, 0.5) is 11.4 Å². The molecule has 1 heterocycles. The number of likely N-dealkylation sites (tertiary alicyclic amines) is 1. The fourth-order valence-corrected chi connectivity index (χ4v) is 3.32. The summed E-state index contributed by atoms with van der Waals surface area (Å²) >= 11 is 0. The van der Waals surface area contributed by atoms with E-state index in [0.29, 0.717) is 11.7 Å². The number of likely N-dealkylation sites (N-methyl/N-ethyl adjacent to an activating group) is 1. The number of anilines is 1. The van der Waals surface area contributed by atoms with Gasteiger partial charge in [0, 0.05) is 32.2 Å². The maximum absolute atomic E-state index is 12.5. The second-order valence-electron chi connectivity index (χ2n) is 7.11. The second-order valence-corrected chi connectivity index (χ2v) is 7.11. The van der Waals surface area contributed by atoms with Crippen molar-refractivity contribution in [1.82, 2.24) is 10.2 Å². The molecule has 25 heavy (non-hydrogen) atoms. The molecule has 0 bridgehead atoms. The Kier molecular flexibility index (Phi) is 5.53. The van der Waals surface area contributed by atoms with Gasteiger partial charge < -0.3 is 15.1 Å². The van der Waals surface area contributed by atoms with Crippen molar-refractivity contribution in [3.63, 3.8) is 0 Å². The second kappa shape index (κ2) is 7.82. The summed E-state index contributed by atoms with van der Waals surface area (Å²) in [5.41, 5.74) is 0.502. The zero-order valence-electron chi connectivity index (χ0n) is 14.7. The summed E-state index contributed by atoms with van der Waals surface area (Å²) in [4.78, 5) is 26.8. The first-order valence-electron chi connectivity index (χ1n) is 9.00. The molecular formula is C18H26N4O3. The Labute approximate surface area is 148 Å². The molecule has 1 aliphatic heterocycles. The van der Waals surface area contributed by atoms with Gasteiger partial charge in [0.25, 0.3) is 5.69 Å². The number of nitrogens with one attached hydrogen (secondary N) is 1. The number of nitro groups is 1. The molecule has 1 saturated heterocycles. The van der Waals surface area contributed by atoms with Gasteiger partial charge in [-0.15, -0.1) is 0 Å². The highest BCUT2D eigenvalue weighted by molar-refractivity contribution is 5.82. The Morgan fingerprint density at radius 3 is 2.60 bits per heavy atom. The van der Waals surface area contributed by atoms with Crippen LogP contribution in [-0.2, 0) is 4.79 Å². The SMILES string of the molecule is CN(CC(=O)N1CCC(NCC2CC2)CC1)c1ccccc1[N+](=O)[O-]. The monoisotopic (exact) mass is 346 g/mol. The number of hydrogen-bond acceptors (Lipinski definition) is 5. The molecule has 1 aliphatic carbocycles. The summed E-state index contributed by atoms with van der Waals surface area (Å²) in [6, 6.07) is 7.04. The predicted molar refractivity (Wildman–Crippen MR) is 96.7 cm³/mol. The minimum absolute atomic E-state index is 0.0285. The van der Waals surface area contributed by atoms with Crippen molar-refractivity contribution in [3.8, 4) is 0 Å². The van der Waals surface area contributed by atoms with Gasteiger partial charge in [-0.2, -0.15) is 0 Å². The summed E-state index contributed by atoms with van der Waals surface area (Å²) < 4.78 is 0. The Morgan fingerprint density at radius 2 is 1.96 bits per heavy atom. The molecule has 1 N–H and O–H groups in total. The van der Waals surface area contributed by atoms with Gasteiger partial charge in [-0.25, -0.2) is 0 Å². The average Bonchev–Trinajstić information content (AvgIpc) is 3.44. The molecule has 0 atom stereocenters. The van der Waals surface area contributed by atoms with Crippen molar-refractivity contribution in [2.75, 3.05) is 38.1 Å². The normalized spacial score (nSPS) is 18.2. The standard InChI is InChI=1S/C18H26N4O3/c1-20(16-4-2-3-5-17(16)22(24)25)13-18(23)21-10-8-15(9-11-21)19-12-14-6-7-14/h2-5,14-15,19H,6-13H2,1H3. The lowest BCUT2D eigenvalue weighted by molar-refractivity contribution is -0.384. The van der Waals surface area contributed by atoms with Crippen molar-refractivity contribution in [2.45, 2.75) is 31.7 Å². The van der Waals surface area contributed by atoms with Gasteiger partial charge in [-0.05, 0) is 44.2 Å². The van der Waals surface area contributed by atoms with Crippen LogP contribution in [0.15, 0.2) is 24.3 Å². The highest BCUT2D eigenvalue weighted by atomic mass is 16.6. The van der Waals surface area contributed by atoms with E-state index in [1.807, 2.05) is 4.90 Å². The number of nitrogens with zero attached hydrogens (tertiary/aromatic N) is 3. The van der Waals surface area contributed by atoms with Crippen LogP contribution >= 0.6 is 0 Å². The van der Waals surface area contributed by atoms with Crippen molar-refractivity contribution < 1.29 is 9.72 Å². The fourth-order valence-electron chi connectivity index (χ4n) is 3.32. The number of rotatable bonds is 7. The van der Waals surface area contributed by atoms with Crippen LogP contribution in [0, 0.1) is 16.0 Å². The topological polar surface area (TPSA) is 78.7 Å². The lowest BCUT2D eigenvalue weighted by atomic mass is 10.0. The molecule has 0 aromatic heterocycles. The summed E-state index contributed by atoms with van der Waals surface area (Å²) in [7, 11) is 1.73. The maximum Gasteiger partial charge on any atom is 0.292 e. The third-order valence-corrected chi connectivity index (χ3v) is 5.10. The van der Waals surface area contributed by atoms with E-state index in [1.165, 1.54) is 18.9 Å². The molecule has 0 unspecified atom stereocenters. The Bertz CT molecular complexity index is 625. The Morgan fingerprint density at radius 1 is 1.28 bits per heavy atom. The van der Waals surface area contributed by atoms with Crippen LogP contribution in [0.1, 0.15) is 25.7 Å². The van der Waals surface area contributed by atoms with E-state index >= 15 is 0 Å². The zero-order valence-corrected chi connectivity index (χ0v) is 14.7. The van der Waals surface area contributed by atoms with Gasteiger partial charge in [0.15, 0.2) is 0 Å². The molecule has 7 nitrogen and oxygen atoms in total. The number of nitro benzene ring substituents is 1. The van der Waals surface area contributed by atoms with E-state index in [0.717, 1.165) is 38.4 Å². The van der Waals surface area contributed by atoms with Crippen molar-refractivity contribution in [1.29, 1.82) is 0 Å². The van der Waals surface area contributed by atoms with E-state index in [-0.39, 0.29) is 18.1 Å². The van der Waals surface area contributed by atoms with Crippen LogP contribution in [-0.4, -0.2) is 55.0 Å². The number of benzene rings is 1. The number of amides is 1. The molecule has 0 radical (unpaired) electrons. The number of piperidine rings is 1. The van der Waals surface area contributed by atoms with Crippen molar-refractivity contribution in [2.24, 2.45) is 5.92 Å². The predicted octanol–water partition coefficient (Wildman–Crippen LogP) is 2.02. The van der Waals surface area contributed by atoms with Crippen LogP contribution in [0.25, 0.3) is 0 Å². The third-order valence-electron chi connectivity index (χ3n) is 5.10. The largest absolute Gasteiger partial charge is 0.360 e. The average molecular weight is 346 g/mol.